The van der Waals surface area contributed by atoms with Crippen molar-refractivity contribution in [2.45, 2.75) is 12.6 Å². The predicted octanol–water partition coefficient (Wildman–Crippen LogP) is 2.63. The number of carbonyl (C=O) groups is 2. The summed E-state index contributed by atoms with van der Waals surface area (Å²) in [5.74, 6) is 1.99. The van der Waals surface area contributed by atoms with Gasteiger partial charge >= 0.3 is 6.09 Å². The Labute approximate surface area is 172 Å². The fraction of sp³-hybridized carbons (Fsp3) is 0.333. The normalized spacial score (nSPS) is 18.6. The molecule has 0 spiro atoms. The van der Waals surface area contributed by atoms with Crippen molar-refractivity contribution in [1.29, 1.82) is 0 Å². The first-order valence-corrected chi connectivity index (χ1v) is 9.30. The van der Waals surface area contributed by atoms with E-state index in [1.54, 1.807) is 18.2 Å². The third kappa shape index (κ3) is 2.47. The highest BCUT2D eigenvalue weighted by Gasteiger charge is 2.43. The van der Waals surface area contributed by atoms with E-state index in [2.05, 4.69) is 0 Å². The largest absolute Gasteiger partial charge is 0.493 e. The van der Waals surface area contributed by atoms with Crippen LogP contribution >= 0.6 is 0 Å². The number of methoxy groups -OCH3 is 3. The van der Waals surface area contributed by atoms with Crippen LogP contribution in [0.5, 0.6) is 28.7 Å². The Hall–Kier alpha value is -3.62. The second kappa shape index (κ2) is 6.72. The minimum absolute atomic E-state index is 0.00862. The van der Waals surface area contributed by atoms with Crippen LogP contribution in [0.25, 0.3) is 11.1 Å². The molecule has 30 heavy (non-hydrogen) atoms. The van der Waals surface area contributed by atoms with Gasteiger partial charge in [0, 0.05) is 16.7 Å². The molecule has 2 aromatic carbocycles. The first kappa shape index (κ1) is 18.4. The van der Waals surface area contributed by atoms with Crippen molar-refractivity contribution in [3.05, 3.63) is 29.3 Å². The number of fused-ring (bicyclic) bond motifs is 5. The van der Waals surface area contributed by atoms with Crippen molar-refractivity contribution in [3.8, 4) is 39.9 Å². The van der Waals surface area contributed by atoms with Gasteiger partial charge < -0.3 is 28.4 Å². The number of ketones is 1. The molecule has 5 rings (SSSR count). The molecule has 3 aliphatic rings. The first-order valence-electron chi connectivity index (χ1n) is 9.30. The van der Waals surface area contributed by atoms with Crippen LogP contribution in [0.1, 0.15) is 15.9 Å². The van der Waals surface area contributed by atoms with E-state index in [4.69, 9.17) is 28.4 Å². The minimum Gasteiger partial charge on any atom is -0.493 e. The van der Waals surface area contributed by atoms with Crippen LogP contribution in [0.2, 0.25) is 0 Å². The van der Waals surface area contributed by atoms with Gasteiger partial charge in [-0.15, -0.1) is 0 Å². The highest BCUT2D eigenvalue weighted by molar-refractivity contribution is 6.09. The quantitative estimate of drug-likeness (QED) is 0.758. The molecule has 2 aromatic rings. The second-order valence-electron chi connectivity index (χ2n) is 7.02. The zero-order chi connectivity index (χ0) is 21.0. The Morgan fingerprint density at radius 2 is 1.60 bits per heavy atom. The number of rotatable bonds is 3. The highest BCUT2D eigenvalue weighted by Crippen LogP contribution is 2.51. The van der Waals surface area contributed by atoms with Crippen molar-refractivity contribution in [1.82, 2.24) is 4.90 Å². The average molecular weight is 413 g/mol. The molecule has 9 heteroatoms. The van der Waals surface area contributed by atoms with Gasteiger partial charge in [0.25, 0.3) is 0 Å². The van der Waals surface area contributed by atoms with E-state index in [0.29, 0.717) is 45.4 Å². The number of nitrogens with zero attached hydrogens (tertiary/aromatic N) is 1. The van der Waals surface area contributed by atoms with Gasteiger partial charge in [0.05, 0.1) is 27.9 Å². The molecule has 9 nitrogen and oxygen atoms in total. The standard InChI is InChI=1S/C21H19NO8/c1-25-16-4-10-7-22-13(8-28-21(22)24)18(23)12-6-15-14(29-9-30-15)5-11(12)17(10)20(27-3)19(16)26-2/h4-6,13H,7-9H2,1-3H3/t13-/m0/s1. The molecule has 3 aliphatic heterocycles. The van der Waals surface area contributed by atoms with E-state index < -0.39 is 12.1 Å². The lowest BCUT2D eigenvalue weighted by Gasteiger charge is -2.28. The Morgan fingerprint density at radius 3 is 2.27 bits per heavy atom. The van der Waals surface area contributed by atoms with Gasteiger partial charge in [0.15, 0.2) is 28.8 Å². The number of amides is 1. The molecule has 0 aromatic heterocycles. The Bertz CT molecular complexity index is 1080. The average Bonchev–Trinajstić information content (AvgIpc) is 3.36. The van der Waals surface area contributed by atoms with Crippen LogP contribution in [0.4, 0.5) is 4.79 Å². The van der Waals surface area contributed by atoms with Gasteiger partial charge in [0.2, 0.25) is 12.5 Å². The predicted molar refractivity (Wildman–Crippen MR) is 103 cm³/mol. The summed E-state index contributed by atoms with van der Waals surface area (Å²) >= 11 is 0. The molecular weight excluding hydrogens is 394 g/mol. The summed E-state index contributed by atoms with van der Waals surface area (Å²) in [6, 6.07) is 4.45. The summed E-state index contributed by atoms with van der Waals surface area (Å²) in [7, 11) is 4.54. The summed E-state index contributed by atoms with van der Waals surface area (Å²) in [5.41, 5.74) is 2.34. The number of carbonyl (C=O) groups excluding carboxylic acids is 2. The number of Topliss-reactive ketones (excluding diaryl/α,β-unsaturated/α-hetero) is 1. The maximum absolute atomic E-state index is 13.4. The van der Waals surface area contributed by atoms with Crippen LogP contribution < -0.4 is 23.7 Å². The number of cyclic esters (lactones) is 1. The summed E-state index contributed by atoms with van der Waals surface area (Å²) in [5, 5.41) is 0. The monoisotopic (exact) mass is 413 g/mol. The fourth-order valence-corrected chi connectivity index (χ4v) is 4.18. The lowest BCUT2D eigenvalue weighted by Crippen LogP contribution is -2.40. The summed E-state index contributed by atoms with van der Waals surface area (Å²) in [6.45, 7) is 0.208. The molecular formula is C21H19NO8. The van der Waals surface area contributed by atoms with Gasteiger partial charge in [-0.25, -0.2) is 4.79 Å². The van der Waals surface area contributed by atoms with Crippen LogP contribution in [0, 0.1) is 0 Å². The van der Waals surface area contributed by atoms with E-state index in [-0.39, 0.29) is 25.7 Å². The molecule has 3 heterocycles. The van der Waals surface area contributed by atoms with Gasteiger partial charge in [-0.2, -0.15) is 0 Å². The molecule has 1 saturated heterocycles. The molecule has 0 unspecified atom stereocenters. The zero-order valence-electron chi connectivity index (χ0n) is 16.6. The smallest absolute Gasteiger partial charge is 0.410 e. The van der Waals surface area contributed by atoms with Crippen LogP contribution in [-0.4, -0.2) is 57.5 Å². The number of benzene rings is 2. The van der Waals surface area contributed by atoms with Crippen molar-refractivity contribution in [2.75, 3.05) is 34.7 Å². The van der Waals surface area contributed by atoms with E-state index >= 15 is 0 Å². The Kier molecular flexibility index (Phi) is 4.12. The van der Waals surface area contributed by atoms with Gasteiger partial charge in [0.1, 0.15) is 12.6 Å². The summed E-state index contributed by atoms with van der Waals surface area (Å²) < 4.78 is 32.9. The number of hydrogen-bond donors (Lipinski definition) is 0. The van der Waals surface area contributed by atoms with Gasteiger partial charge in [-0.1, -0.05) is 0 Å². The van der Waals surface area contributed by atoms with Gasteiger partial charge in [-0.3, -0.25) is 9.69 Å². The second-order valence-corrected chi connectivity index (χ2v) is 7.02. The molecule has 1 atom stereocenters. The molecule has 1 amide bonds. The number of ether oxygens (including phenoxy) is 6. The molecule has 0 bridgehead atoms. The maximum atomic E-state index is 13.4. The maximum Gasteiger partial charge on any atom is 0.410 e. The zero-order valence-corrected chi connectivity index (χ0v) is 16.6. The third-order valence-electron chi connectivity index (χ3n) is 5.58. The summed E-state index contributed by atoms with van der Waals surface area (Å²) in [4.78, 5) is 27.2. The lowest BCUT2D eigenvalue weighted by molar-refractivity contribution is 0.0884. The van der Waals surface area contributed by atoms with Gasteiger partial charge in [-0.05, 0) is 23.8 Å². The highest BCUT2D eigenvalue weighted by atomic mass is 16.7. The topological polar surface area (TPSA) is 92.8 Å². The summed E-state index contributed by atoms with van der Waals surface area (Å²) in [6.07, 6.45) is -0.544. The van der Waals surface area contributed by atoms with Crippen molar-refractivity contribution < 1.29 is 38.0 Å². The van der Waals surface area contributed by atoms with E-state index in [9.17, 15) is 9.59 Å². The number of hydrogen-bond acceptors (Lipinski definition) is 8. The Morgan fingerprint density at radius 1 is 0.900 bits per heavy atom. The van der Waals surface area contributed by atoms with E-state index in [1.165, 1.54) is 26.2 Å². The van der Waals surface area contributed by atoms with Crippen LogP contribution in [0.3, 0.4) is 0 Å². The first-order chi connectivity index (χ1) is 14.6. The lowest BCUT2D eigenvalue weighted by atomic mass is 9.87. The SMILES string of the molecule is COc1cc2c(c(OC)c1OC)-c1cc3c(cc1C(=O)[C@@H]1COC(=O)N1C2)OCO3. The fourth-order valence-electron chi connectivity index (χ4n) is 4.18. The molecule has 0 N–H and O–H groups in total. The molecule has 0 aliphatic carbocycles. The van der Waals surface area contributed by atoms with Crippen molar-refractivity contribution in [2.24, 2.45) is 0 Å². The van der Waals surface area contributed by atoms with E-state index in [1.807, 2.05) is 0 Å². The molecule has 1 fully saturated rings. The minimum atomic E-state index is -0.733. The van der Waals surface area contributed by atoms with Crippen molar-refractivity contribution in [3.63, 3.8) is 0 Å². The Balaban J connectivity index is 1.86. The van der Waals surface area contributed by atoms with Crippen LogP contribution in [0.15, 0.2) is 18.2 Å². The molecule has 0 radical (unpaired) electrons. The molecule has 156 valence electrons. The molecule has 0 saturated carbocycles. The van der Waals surface area contributed by atoms with E-state index in [0.717, 1.165) is 5.56 Å². The van der Waals surface area contributed by atoms with Crippen LogP contribution in [-0.2, 0) is 11.3 Å². The van der Waals surface area contributed by atoms with Crippen molar-refractivity contribution >= 4 is 11.9 Å². The third-order valence-corrected chi connectivity index (χ3v) is 5.58.